The standard InChI is InChI=1S/C53H72F3NO4/c1-15-17-26-60-46-40(48(3,4)5)30-38(31-41(46)49(6,7)8)52(59,39-32-42(50(9,10)11)47(61-27-18-16-2)43(33-39)51(12,13)14)45(28-35-22-20-19-21-23-35)57-34-36-29-37(53(54,55)56)24-25-44(36)58/h19-25,29-34,45,58-59H,15-18,26-28H2,1-14H3. The summed E-state index contributed by atoms with van der Waals surface area (Å²) in [7, 11) is 0. The van der Waals surface area contributed by atoms with Crippen LogP contribution >= 0.6 is 0 Å². The first-order chi connectivity index (χ1) is 28.1. The molecule has 0 saturated carbocycles. The van der Waals surface area contributed by atoms with Crippen molar-refractivity contribution in [2.24, 2.45) is 4.99 Å². The average Bonchev–Trinajstić information content (AvgIpc) is 3.15. The molecule has 0 aliphatic heterocycles. The van der Waals surface area contributed by atoms with Crippen LogP contribution in [0.5, 0.6) is 17.2 Å². The molecule has 4 aromatic rings. The van der Waals surface area contributed by atoms with Gasteiger partial charge in [-0.1, -0.05) is 140 Å². The van der Waals surface area contributed by atoms with Crippen LogP contribution in [-0.4, -0.2) is 35.7 Å². The maximum absolute atomic E-state index is 14.3. The lowest BCUT2D eigenvalue weighted by atomic mass is 9.70. The zero-order valence-electron chi connectivity index (χ0n) is 39.3. The minimum Gasteiger partial charge on any atom is -0.507 e. The highest BCUT2D eigenvalue weighted by atomic mass is 19.4. The number of benzene rings is 4. The van der Waals surface area contributed by atoms with Crippen LogP contribution in [0.25, 0.3) is 0 Å². The van der Waals surface area contributed by atoms with Crippen molar-refractivity contribution in [2.45, 2.75) is 169 Å². The average molecular weight is 844 g/mol. The van der Waals surface area contributed by atoms with Gasteiger partial charge in [0.2, 0.25) is 0 Å². The summed E-state index contributed by atoms with van der Waals surface area (Å²) in [5.41, 5.74) is 1.12. The quantitative estimate of drug-likeness (QED) is 0.0924. The van der Waals surface area contributed by atoms with Crippen molar-refractivity contribution >= 4 is 6.21 Å². The Morgan fingerprint density at radius 2 is 1.00 bits per heavy atom. The van der Waals surface area contributed by atoms with Gasteiger partial charge in [-0.25, -0.2) is 0 Å². The minimum atomic E-state index is -4.64. The van der Waals surface area contributed by atoms with E-state index in [9.17, 15) is 23.4 Å². The molecule has 2 N–H and O–H groups in total. The molecule has 1 unspecified atom stereocenters. The zero-order valence-corrected chi connectivity index (χ0v) is 39.3. The lowest BCUT2D eigenvalue weighted by Crippen LogP contribution is -2.42. The molecule has 4 aromatic carbocycles. The van der Waals surface area contributed by atoms with Crippen LogP contribution in [-0.2, 0) is 39.9 Å². The number of phenolic OH excluding ortho intramolecular Hbond substituents is 1. The largest absolute Gasteiger partial charge is 0.507 e. The molecule has 0 aliphatic rings. The van der Waals surface area contributed by atoms with E-state index < -0.39 is 45.0 Å². The summed E-state index contributed by atoms with van der Waals surface area (Å²) in [4.78, 5) is 5.07. The number of unbranched alkanes of at least 4 members (excludes halogenated alkanes) is 2. The zero-order chi connectivity index (χ0) is 45.8. The summed E-state index contributed by atoms with van der Waals surface area (Å²) in [6.07, 6.45) is 0.555. The molecule has 0 bridgehead atoms. The van der Waals surface area contributed by atoms with Gasteiger partial charge < -0.3 is 19.7 Å². The Hall–Kier alpha value is -4.30. The van der Waals surface area contributed by atoms with E-state index in [0.717, 1.165) is 83.2 Å². The van der Waals surface area contributed by atoms with Crippen LogP contribution in [0.4, 0.5) is 13.2 Å². The first-order valence-corrected chi connectivity index (χ1v) is 22.0. The predicted octanol–water partition coefficient (Wildman–Crippen LogP) is 13.9. The Labute approximate surface area is 364 Å². The molecule has 0 amide bonds. The fourth-order valence-corrected chi connectivity index (χ4v) is 7.58. The topological polar surface area (TPSA) is 71.3 Å². The molecule has 0 fully saturated rings. The smallest absolute Gasteiger partial charge is 0.416 e. The summed E-state index contributed by atoms with van der Waals surface area (Å²) < 4.78 is 55.5. The predicted molar refractivity (Wildman–Crippen MR) is 246 cm³/mol. The van der Waals surface area contributed by atoms with Crippen molar-refractivity contribution in [3.05, 3.63) is 123 Å². The number of halogens is 3. The third-order valence-electron chi connectivity index (χ3n) is 11.3. The normalized spacial score (nSPS) is 13.8. The van der Waals surface area contributed by atoms with E-state index in [1.807, 2.05) is 54.6 Å². The van der Waals surface area contributed by atoms with E-state index in [1.165, 1.54) is 6.21 Å². The maximum Gasteiger partial charge on any atom is 0.416 e. The van der Waals surface area contributed by atoms with E-state index in [4.69, 9.17) is 14.5 Å². The van der Waals surface area contributed by atoms with Crippen LogP contribution in [0.15, 0.2) is 77.8 Å². The molecule has 8 heteroatoms. The van der Waals surface area contributed by atoms with Crippen LogP contribution in [0.1, 0.15) is 173 Å². The number of rotatable bonds is 15. The van der Waals surface area contributed by atoms with Gasteiger partial charge in [0.1, 0.15) is 22.8 Å². The fourth-order valence-electron chi connectivity index (χ4n) is 7.58. The second-order valence-corrected chi connectivity index (χ2v) is 20.7. The van der Waals surface area contributed by atoms with Crippen molar-refractivity contribution in [1.82, 2.24) is 0 Å². The number of alkyl halides is 3. The monoisotopic (exact) mass is 844 g/mol. The SMILES string of the molecule is CCCCOc1c(C(C)(C)C)cc(C(O)(c2cc(C(C)(C)C)c(OCCCC)c(C(C)(C)C)c2)C(Cc2ccccc2)N=Cc2cc(C(F)(F)F)ccc2O)cc1C(C)(C)C. The highest BCUT2D eigenvalue weighted by molar-refractivity contribution is 5.84. The van der Waals surface area contributed by atoms with E-state index in [2.05, 4.69) is 96.9 Å². The third kappa shape index (κ3) is 12.0. The molecular weight excluding hydrogens is 772 g/mol. The first kappa shape index (κ1) is 49.4. The van der Waals surface area contributed by atoms with Crippen molar-refractivity contribution in [3.63, 3.8) is 0 Å². The molecule has 0 spiro atoms. The first-order valence-electron chi connectivity index (χ1n) is 22.0. The van der Waals surface area contributed by atoms with Crippen molar-refractivity contribution in [1.29, 1.82) is 0 Å². The third-order valence-corrected chi connectivity index (χ3v) is 11.3. The summed E-state index contributed by atoms with van der Waals surface area (Å²) >= 11 is 0. The van der Waals surface area contributed by atoms with Gasteiger partial charge in [-0.15, -0.1) is 0 Å². The number of ether oxygens (including phenoxy) is 2. The Morgan fingerprint density at radius 1 is 0.590 bits per heavy atom. The highest BCUT2D eigenvalue weighted by Crippen LogP contribution is 2.49. The molecule has 0 aliphatic carbocycles. The number of nitrogens with zero attached hydrogens (tertiary/aromatic N) is 1. The van der Waals surface area contributed by atoms with Crippen LogP contribution in [0.2, 0.25) is 0 Å². The Balaban J connectivity index is 2.28. The van der Waals surface area contributed by atoms with Crippen LogP contribution in [0.3, 0.4) is 0 Å². The second-order valence-electron chi connectivity index (χ2n) is 20.7. The van der Waals surface area contributed by atoms with Gasteiger partial charge in [-0.3, -0.25) is 4.99 Å². The Morgan fingerprint density at radius 3 is 1.36 bits per heavy atom. The number of aliphatic imine (C=N–C) groups is 1. The van der Waals surface area contributed by atoms with Gasteiger partial charge in [0.25, 0.3) is 0 Å². The molecule has 4 rings (SSSR count). The molecular formula is C53H72F3NO4. The summed E-state index contributed by atoms with van der Waals surface area (Å²) in [5.74, 6) is 1.24. The molecule has 0 aromatic heterocycles. The fraction of sp³-hybridized carbons (Fsp3) is 0.528. The summed E-state index contributed by atoms with van der Waals surface area (Å²) in [5, 5.41) is 25.3. The number of phenols is 1. The molecule has 0 radical (unpaired) electrons. The summed E-state index contributed by atoms with van der Waals surface area (Å²) in [6.45, 7) is 31.0. The van der Waals surface area contributed by atoms with Gasteiger partial charge in [0.05, 0.1) is 24.8 Å². The van der Waals surface area contributed by atoms with Crippen molar-refractivity contribution < 1.29 is 32.9 Å². The lowest BCUT2D eigenvalue weighted by molar-refractivity contribution is -0.137. The van der Waals surface area contributed by atoms with E-state index in [0.29, 0.717) is 24.3 Å². The van der Waals surface area contributed by atoms with Crippen molar-refractivity contribution in [3.8, 4) is 17.2 Å². The number of aliphatic hydroxyl groups is 1. The minimum absolute atomic E-state index is 0.105. The Bertz CT molecular complexity index is 1950. The van der Waals surface area contributed by atoms with Gasteiger partial charge in [-0.05, 0) is 100 Å². The maximum atomic E-state index is 14.3. The van der Waals surface area contributed by atoms with E-state index >= 15 is 0 Å². The molecule has 61 heavy (non-hydrogen) atoms. The molecule has 334 valence electrons. The van der Waals surface area contributed by atoms with Gasteiger partial charge in [0, 0.05) is 34.0 Å². The number of aromatic hydroxyl groups is 1. The van der Waals surface area contributed by atoms with Gasteiger partial charge in [0.15, 0.2) is 0 Å². The molecule has 0 heterocycles. The summed E-state index contributed by atoms with van der Waals surface area (Å²) in [6, 6.07) is 19.6. The van der Waals surface area contributed by atoms with Gasteiger partial charge in [-0.2, -0.15) is 13.2 Å². The van der Waals surface area contributed by atoms with Crippen LogP contribution in [0, 0.1) is 0 Å². The van der Waals surface area contributed by atoms with Crippen molar-refractivity contribution in [2.75, 3.05) is 13.2 Å². The molecule has 0 saturated heterocycles. The Kier molecular flexibility index (Phi) is 15.4. The molecule has 5 nitrogen and oxygen atoms in total. The lowest BCUT2D eigenvalue weighted by Gasteiger charge is -2.40. The van der Waals surface area contributed by atoms with Crippen LogP contribution < -0.4 is 9.47 Å². The highest BCUT2D eigenvalue weighted by Gasteiger charge is 2.45. The van der Waals surface area contributed by atoms with E-state index in [1.54, 1.807) is 0 Å². The van der Waals surface area contributed by atoms with E-state index in [-0.39, 0.29) is 17.7 Å². The number of hydrogen-bond donors (Lipinski definition) is 2. The number of hydrogen-bond acceptors (Lipinski definition) is 5. The van der Waals surface area contributed by atoms with Gasteiger partial charge >= 0.3 is 6.18 Å². The molecule has 1 atom stereocenters. The second kappa shape index (κ2) is 19.0.